The van der Waals surface area contributed by atoms with E-state index in [4.69, 9.17) is 5.11 Å². The van der Waals surface area contributed by atoms with Crippen molar-refractivity contribution in [1.82, 2.24) is 9.88 Å². The first-order valence-corrected chi connectivity index (χ1v) is 6.14. The molecule has 0 aliphatic carbocycles. The fraction of sp³-hybridized carbons (Fsp3) is 0.636. The number of hydrogen-bond acceptors (Lipinski definition) is 4. The SMILES string of the molecule is Cc1nc(CCN(C)CCC(=O)O)sc1C. The third kappa shape index (κ3) is 4.28. The van der Waals surface area contributed by atoms with Gasteiger partial charge in [-0.3, -0.25) is 4.79 Å². The lowest BCUT2D eigenvalue weighted by Gasteiger charge is -2.13. The quantitative estimate of drug-likeness (QED) is 0.825. The van der Waals surface area contributed by atoms with Gasteiger partial charge in [0.25, 0.3) is 0 Å². The Morgan fingerprint density at radius 1 is 1.44 bits per heavy atom. The van der Waals surface area contributed by atoms with Gasteiger partial charge in [0.05, 0.1) is 17.1 Å². The molecular weight excluding hydrogens is 224 g/mol. The topological polar surface area (TPSA) is 53.4 Å². The maximum absolute atomic E-state index is 10.4. The zero-order chi connectivity index (χ0) is 12.1. The summed E-state index contributed by atoms with van der Waals surface area (Å²) in [6.07, 6.45) is 1.10. The van der Waals surface area contributed by atoms with E-state index in [1.807, 2.05) is 18.9 Å². The van der Waals surface area contributed by atoms with Gasteiger partial charge in [-0.15, -0.1) is 11.3 Å². The van der Waals surface area contributed by atoms with Crippen molar-refractivity contribution < 1.29 is 9.90 Å². The van der Waals surface area contributed by atoms with Crippen LogP contribution in [0, 0.1) is 13.8 Å². The molecule has 0 spiro atoms. The molecule has 0 bridgehead atoms. The number of aryl methyl sites for hydroxylation is 2. The van der Waals surface area contributed by atoms with Crippen LogP contribution >= 0.6 is 11.3 Å². The molecule has 16 heavy (non-hydrogen) atoms. The normalized spacial score (nSPS) is 11.0. The Hall–Kier alpha value is -0.940. The molecule has 0 aliphatic heterocycles. The first-order valence-electron chi connectivity index (χ1n) is 5.32. The molecule has 0 saturated heterocycles. The van der Waals surface area contributed by atoms with Crippen LogP contribution in [0.3, 0.4) is 0 Å². The van der Waals surface area contributed by atoms with Gasteiger partial charge in [-0.25, -0.2) is 4.98 Å². The fourth-order valence-electron chi connectivity index (χ4n) is 1.33. The van der Waals surface area contributed by atoms with Crippen LogP contribution in [0.2, 0.25) is 0 Å². The molecule has 0 radical (unpaired) electrons. The summed E-state index contributed by atoms with van der Waals surface area (Å²) in [5.74, 6) is -0.743. The highest BCUT2D eigenvalue weighted by Gasteiger charge is 2.06. The predicted octanol–water partition coefficient (Wildman–Crippen LogP) is 1.71. The number of hydrogen-bond donors (Lipinski definition) is 1. The van der Waals surface area contributed by atoms with E-state index in [0.717, 1.165) is 23.7 Å². The number of carbonyl (C=O) groups is 1. The molecule has 1 aromatic rings. The van der Waals surface area contributed by atoms with Crippen LogP contribution in [-0.4, -0.2) is 41.1 Å². The molecular formula is C11H18N2O2S. The molecule has 0 saturated carbocycles. The number of rotatable bonds is 6. The summed E-state index contributed by atoms with van der Waals surface area (Å²) in [6.45, 7) is 5.55. The molecule has 0 unspecified atom stereocenters. The number of aromatic nitrogens is 1. The van der Waals surface area contributed by atoms with Gasteiger partial charge in [0.1, 0.15) is 0 Å². The Labute approximate surface area is 99.9 Å². The van der Waals surface area contributed by atoms with E-state index >= 15 is 0 Å². The highest BCUT2D eigenvalue weighted by atomic mass is 32.1. The lowest BCUT2D eigenvalue weighted by atomic mass is 10.3. The Bertz CT molecular complexity index is 343. The molecule has 1 aromatic heterocycles. The molecule has 0 aliphatic rings. The van der Waals surface area contributed by atoms with Gasteiger partial charge in [-0.05, 0) is 20.9 Å². The maximum Gasteiger partial charge on any atom is 0.304 e. The number of likely N-dealkylation sites (N-methyl/N-ethyl adjacent to an activating group) is 1. The first kappa shape index (κ1) is 13.1. The minimum atomic E-state index is -0.743. The van der Waals surface area contributed by atoms with Crippen molar-refractivity contribution in [1.29, 1.82) is 0 Å². The van der Waals surface area contributed by atoms with Crippen LogP contribution in [-0.2, 0) is 11.2 Å². The van der Waals surface area contributed by atoms with Gasteiger partial charge < -0.3 is 10.0 Å². The minimum Gasteiger partial charge on any atom is -0.481 e. The van der Waals surface area contributed by atoms with Gasteiger partial charge in [-0.1, -0.05) is 0 Å². The second-order valence-corrected chi connectivity index (χ2v) is 5.23. The summed E-state index contributed by atoms with van der Waals surface area (Å²) in [5, 5.41) is 9.69. The summed E-state index contributed by atoms with van der Waals surface area (Å²) in [7, 11) is 1.94. The molecule has 1 N–H and O–H groups in total. The van der Waals surface area contributed by atoms with E-state index in [-0.39, 0.29) is 6.42 Å². The van der Waals surface area contributed by atoms with Gasteiger partial charge >= 0.3 is 5.97 Å². The van der Waals surface area contributed by atoms with Gasteiger partial charge in [0.2, 0.25) is 0 Å². The molecule has 4 nitrogen and oxygen atoms in total. The van der Waals surface area contributed by atoms with Gasteiger partial charge in [0.15, 0.2) is 0 Å². The van der Waals surface area contributed by atoms with Crippen LogP contribution in [0.5, 0.6) is 0 Å². The molecule has 90 valence electrons. The van der Waals surface area contributed by atoms with Gasteiger partial charge in [-0.2, -0.15) is 0 Å². The van der Waals surface area contributed by atoms with Crippen molar-refractivity contribution in [3.63, 3.8) is 0 Å². The largest absolute Gasteiger partial charge is 0.481 e. The van der Waals surface area contributed by atoms with Crippen LogP contribution in [0.25, 0.3) is 0 Å². The van der Waals surface area contributed by atoms with Crippen molar-refractivity contribution in [2.75, 3.05) is 20.1 Å². The predicted molar refractivity (Wildman–Crippen MR) is 65.0 cm³/mol. The summed E-state index contributed by atoms with van der Waals surface area (Å²) in [4.78, 5) is 18.1. The van der Waals surface area contributed by atoms with E-state index in [1.165, 1.54) is 4.88 Å². The smallest absolute Gasteiger partial charge is 0.304 e. The fourth-order valence-corrected chi connectivity index (χ4v) is 2.25. The van der Waals surface area contributed by atoms with E-state index in [2.05, 4.69) is 11.9 Å². The van der Waals surface area contributed by atoms with Crippen LogP contribution in [0.15, 0.2) is 0 Å². The zero-order valence-corrected chi connectivity index (χ0v) is 10.8. The molecule has 1 heterocycles. The number of aliphatic carboxylic acids is 1. The Morgan fingerprint density at radius 2 is 2.12 bits per heavy atom. The lowest BCUT2D eigenvalue weighted by Crippen LogP contribution is -2.24. The van der Waals surface area contributed by atoms with Crippen LogP contribution in [0.1, 0.15) is 22.0 Å². The molecule has 5 heteroatoms. The van der Waals surface area contributed by atoms with Crippen molar-refractivity contribution in [3.8, 4) is 0 Å². The second kappa shape index (κ2) is 5.96. The van der Waals surface area contributed by atoms with Crippen molar-refractivity contribution in [2.45, 2.75) is 26.7 Å². The molecule has 1 rings (SSSR count). The van der Waals surface area contributed by atoms with Crippen molar-refractivity contribution in [2.24, 2.45) is 0 Å². The Kier molecular flexibility index (Phi) is 4.89. The van der Waals surface area contributed by atoms with Gasteiger partial charge in [0, 0.05) is 24.4 Å². The maximum atomic E-state index is 10.4. The summed E-state index contributed by atoms with van der Waals surface area (Å²) in [6, 6.07) is 0. The second-order valence-electron chi connectivity index (χ2n) is 3.95. The summed E-state index contributed by atoms with van der Waals surface area (Å²) >= 11 is 1.73. The van der Waals surface area contributed by atoms with Crippen LogP contribution in [0.4, 0.5) is 0 Å². The third-order valence-corrected chi connectivity index (χ3v) is 3.62. The first-order chi connectivity index (χ1) is 7.49. The lowest BCUT2D eigenvalue weighted by molar-refractivity contribution is -0.137. The molecule has 0 fully saturated rings. The highest BCUT2D eigenvalue weighted by molar-refractivity contribution is 7.11. The number of carboxylic acid groups (broad SMARTS) is 1. The molecule has 0 atom stereocenters. The Morgan fingerprint density at radius 3 is 2.62 bits per heavy atom. The zero-order valence-electron chi connectivity index (χ0n) is 9.99. The number of thiazole rings is 1. The highest BCUT2D eigenvalue weighted by Crippen LogP contribution is 2.16. The number of nitrogens with zero attached hydrogens (tertiary/aromatic N) is 2. The van der Waals surface area contributed by atoms with E-state index < -0.39 is 5.97 Å². The average Bonchev–Trinajstić information content (AvgIpc) is 2.52. The van der Waals surface area contributed by atoms with Crippen molar-refractivity contribution >= 4 is 17.3 Å². The van der Waals surface area contributed by atoms with E-state index in [0.29, 0.717) is 6.54 Å². The van der Waals surface area contributed by atoms with E-state index in [1.54, 1.807) is 11.3 Å². The van der Waals surface area contributed by atoms with Crippen LogP contribution < -0.4 is 0 Å². The minimum absolute atomic E-state index is 0.201. The Balaban J connectivity index is 2.31. The molecule has 0 amide bonds. The summed E-state index contributed by atoms with van der Waals surface area (Å²) < 4.78 is 0. The third-order valence-electron chi connectivity index (χ3n) is 2.49. The van der Waals surface area contributed by atoms with Crippen molar-refractivity contribution in [3.05, 3.63) is 15.6 Å². The molecule has 0 aromatic carbocycles. The van der Waals surface area contributed by atoms with E-state index in [9.17, 15) is 4.79 Å². The summed E-state index contributed by atoms with van der Waals surface area (Å²) in [5.41, 5.74) is 1.10. The standard InChI is InChI=1S/C11H18N2O2S/c1-8-9(2)16-10(12-8)4-6-13(3)7-5-11(14)15/h4-7H2,1-3H3,(H,14,15). The average molecular weight is 242 g/mol. The number of carboxylic acids is 1. The monoisotopic (exact) mass is 242 g/mol.